The molecule has 0 aromatic heterocycles. The van der Waals surface area contributed by atoms with Crippen LogP contribution in [0.4, 0.5) is 5.69 Å². The second kappa shape index (κ2) is 12.3. The number of phenolic OH excluding ortho intramolecular Hbond substituents is 1. The van der Waals surface area contributed by atoms with Gasteiger partial charge in [0, 0.05) is 24.8 Å². The standard InChI is InChI=1S/C33H42N2O4/c1-34-14-12-25(13-15-34)24-6-4-23(5-7-24)22-35(16-17-36)31-21-33(39-3)32(38-2)20-30(31)28-9-8-27-19-29(37)11-10-26(27)18-28/h4-7,10-11,19-21,25,28,36-37H,8-9,12-18,22H2,1-3H3. The SMILES string of the molecule is COc1cc(C2CCc3cc(O)ccc3C2)c(N(CCO)Cc2ccc(C3CCN(C)CC3)cc2)cc1OC. The highest BCUT2D eigenvalue weighted by Crippen LogP contribution is 2.43. The summed E-state index contributed by atoms with van der Waals surface area (Å²) in [6, 6.07) is 19.0. The average Bonchev–Trinajstić information content (AvgIpc) is 2.97. The molecule has 6 heteroatoms. The maximum absolute atomic E-state index is 10.1. The van der Waals surface area contributed by atoms with Gasteiger partial charge in [0.2, 0.25) is 0 Å². The van der Waals surface area contributed by atoms with Crippen LogP contribution in [0.15, 0.2) is 54.6 Å². The third kappa shape index (κ3) is 6.18. The van der Waals surface area contributed by atoms with Crippen LogP contribution in [0.1, 0.15) is 58.9 Å². The Kier molecular flexibility index (Phi) is 8.63. The quantitative estimate of drug-likeness (QED) is 0.381. The average molecular weight is 531 g/mol. The minimum Gasteiger partial charge on any atom is -0.508 e. The van der Waals surface area contributed by atoms with E-state index >= 15 is 0 Å². The minimum absolute atomic E-state index is 0.0637. The first kappa shape index (κ1) is 27.4. The summed E-state index contributed by atoms with van der Waals surface area (Å²) in [6.45, 7) is 3.61. The van der Waals surface area contributed by atoms with Gasteiger partial charge in [0.05, 0.1) is 20.8 Å². The zero-order chi connectivity index (χ0) is 27.4. The van der Waals surface area contributed by atoms with Crippen molar-refractivity contribution in [3.05, 3.63) is 82.4 Å². The molecule has 2 N–H and O–H groups in total. The van der Waals surface area contributed by atoms with Gasteiger partial charge in [-0.1, -0.05) is 30.3 Å². The molecule has 0 bridgehead atoms. The van der Waals surface area contributed by atoms with Gasteiger partial charge in [-0.2, -0.15) is 0 Å². The van der Waals surface area contributed by atoms with Crippen molar-refractivity contribution >= 4 is 5.69 Å². The minimum atomic E-state index is 0.0637. The molecule has 6 nitrogen and oxygen atoms in total. The van der Waals surface area contributed by atoms with Gasteiger partial charge >= 0.3 is 0 Å². The first-order valence-corrected chi connectivity index (χ1v) is 14.2. The summed E-state index contributed by atoms with van der Waals surface area (Å²) in [5, 5.41) is 20.0. The van der Waals surface area contributed by atoms with Crippen LogP contribution in [0.25, 0.3) is 0 Å². The van der Waals surface area contributed by atoms with E-state index < -0.39 is 0 Å². The molecule has 0 saturated carbocycles. The summed E-state index contributed by atoms with van der Waals surface area (Å²) in [7, 11) is 5.55. The molecule has 0 radical (unpaired) electrons. The summed E-state index contributed by atoms with van der Waals surface area (Å²) in [5.41, 5.74) is 7.45. The molecule has 1 saturated heterocycles. The third-order valence-electron chi connectivity index (χ3n) is 8.64. The monoisotopic (exact) mass is 530 g/mol. The number of aliphatic hydroxyl groups excluding tert-OH is 1. The number of fused-ring (bicyclic) bond motifs is 1. The predicted molar refractivity (Wildman–Crippen MR) is 156 cm³/mol. The van der Waals surface area contributed by atoms with Crippen LogP contribution < -0.4 is 14.4 Å². The summed E-state index contributed by atoms with van der Waals surface area (Å²) < 4.78 is 11.4. The zero-order valence-electron chi connectivity index (χ0n) is 23.5. The molecule has 1 aliphatic heterocycles. The highest BCUT2D eigenvalue weighted by molar-refractivity contribution is 5.64. The fourth-order valence-corrected chi connectivity index (χ4v) is 6.35. The van der Waals surface area contributed by atoms with Crippen LogP contribution >= 0.6 is 0 Å². The Bertz CT molecular complexity index is 1250. The van der Waals surface area contributed by atoms with Crippen molar-refractivity contribution in [3.63, 3.8) is 0 Å². The number of hydrogen-bond acceptors (Lipinski definition) is 6. The van der Waals surface area contributed by atoms with Crippen molar-refractivity contribution in [2.45, 2.75) is 50.5 Å². The lowest BCUT2D eigenvalue weighted by molar-refractivity contribution is 0.255. The first-order chi connectivity index (χ1) is 19.0. The number of hydrogen-bond donors (Lipinski definition) is 2. The van der Waals surface area contributed by atoms with E-state index in [4.69, 9.17) is 9.47 Å². The lowest BCUT2D eigenvalue weighted by Gasteiger charge is -2.33. The Morgan fingerprint density at radius 3 is 2.28 bits per heavy atom. The topological polar surface area (TPSA) is 65.4 Å². The van der Waals surface area contributed by atoms with Gasteiger partial charge in [-0.25, -0.2) is 0 Å². The number of aromatic hydroxyl groups is 1. The number of phenols is 1. The molecule has 3 aromatic rings. The maximum Gasteiger partial charge on any atom is 0.162 e. The summed E-state index contributed by atoms with van der Waals surface area (Å²) in [4.78, 5) is 4.68. The predicted octanol–water partition coefficient (Wildman–Crippen LogP) is 5.49. The van der Waals surface area contributed by atoms with E-state index in [1.54, 1.807) is 20.3 Å². The molecular weight excluding hydrogens is 488 g/mol. The largest absolute Gasteiger partial charge is 0.508 e. The first-order valence-electron chi connectivity index (χ1n) is 14.2. The number of ether oxygens (including phenoxy) is 2. The molecule has 208 valence electrons. The number of rotatable bonds is 9. The number of likely N-dealkylation sites (tertiary alicyclic amines) is 1. The van der Waals surface area contributed by atoms with Crippen molar-refractivity contribution in [1.29, 1.82) is 0 Å². The Balaban J connectivity index is 1.44. The molecule has 2 aliphatic rings. The van der Waals surface area contributed by atoms with Gasteiger partial charge < -0.3 is 29.5 Å². The molecule has 1 atom stereocenters. The van der Waals surface area contributed by atoms with Crippen molar-refractivity contribution in [1.82, 2.24) is 4.90 Å². The molecule has 1 aliphatic carbocycles. The Morgan fingerprint density at radius 2 is 1.59 bits per heavy atom. The van der Waals surface area contributed by atoms with Gasteiger partial charge in [-0.15, -0.1) is 0 Å². The van der Waals surface area contributed by atoms with E-state index in [-0.39, 0.29) is 6.61 Å². The fraction of sp³-hybridized carbons (Fsp3) is 0.455. The highest BCUT2D eigenvalue weighted by atomic mass is 16.5. The van der Waals surface area contributed by atoms with E-state index in [1.165, 1.54) is 40.7 Å². The van der Waals surface area contributed by atoms with Crippen molar-refractivity contribution in [2.75, 3.05) is 52.4 Å². The number of benzene rings is 3. The van der Waals surface area contributed by atoms with E-state index in [0.717, 1.165) is 43.8 Å². The molecular formula is C33H42N2O4. The molecule has 3 aromatic carbocycles. The normalized spacial score (nSPS) is 18.0. The van der Waals surface area contributed by atoms with Crippen molar-refractivity contribution < 1.29 is 19.7 Å². The lowest BCUT2D eigenvalue weighted by Crippen LogP contribution is -2.29. The van der Waals surface area contributed by atoms with Gasteiger partial charge in [0.1, 0.15) is 5.75 Å². The second-order valence-electron chi connectivity index (χ2n) is 11.1. The smallest absolute Gasteiger partial charge is 0.162 e. The highest BCUT2D eigenvalue weighted by Gasteiger charge is 2.27. The summed E-state index contributed by atoms with van der Waals surface area (Å²) in [5.74, 6) is 2.68. The second-order valence-corrected chi connectivity index (χ2v) is 11.1. The van der Waals surface area contributed by atoms with Crippen LogP contribution in [0.2, 0.25) is 0 Å². The van der Waals surface area contributed by atoms with Gasteiger partial charge in [-0.05, 0) is 110 Å². The summed E-state index contributed by atoms with van der Waals surface area (Å²) >= 11 is 0. The lowest BCUT2D eigenvalue weighted by atomic mass is 9.79. The number of nitrogens with zero attached hydrogens (tertiary/aromatic N) is 2. The molecule has 1 unspecified atom stereocenters. The van der Waals surface area contributed by atoms with E-state index in [2.05, 4.69) is 59.3 Å². The van der Waals surface area contributed by atoms with E-state index in [1.807, 2.05) is 6.07 Å². The Labute approximate surface area is 232 Å². The zero-order valence-corrected chi connectivity index (χ0v) is 23.5. The van der Waals surface area contributed by atoms with Crippen LogP contribution in [0.3, 0.4) is 0 Å². The molecule has 0 spiro atoms. The van der Waals surface area contributed by atoms with Crippen molar-refractivity contribution in [2.24, 2.45) is 0 Å². The van der Waals surface area contributed by atoms with Gasteiger partial charge in [0.15, 0.2) is 11.5 Å². The molecule has 0 amide bonds. The number of anilines is 1. The Hall–Kier alpha value is -3.22. The van der Waals surface area contributed by atoms with E-state index in [0.29, 0.717) is 36.4 Å². The molecule has 1 fully saturated rings. The fourth-order valence-electron chi connectivity index (χ4n) is 6.35. The number of methoxy groups -OCH3 is 2. The maximum atomic E-state index is 10.1. The van der Waals surface area contributed by atoms with Crippen molar-refractivity contribution in [3.8, 4) is 17.2 Å². The third-order valence-corrected chi connectivity index (χ3v) is 8.64. The summed E-state index contributed by atoms with van der Waals surface area (Å²) in [6.07, 6.45) is 5.23. The van der Waals surface area contributed by atoms with Crippen LogP contribution in [-0.4, -0.2) is 62.6 Å². The number of aliphatic hydroxyl groups is 1. The van der Waals surface area contributed by atoms with Crippen LogP contribution in [-0.2, 0) is 19.4 Å². The number of piperidine rings is 1. The molecule has 5 rings (SSSR count). The Morgan fingerprint density at radius 1 is 0.872 bits per heavy atom. The molecule has 1 heterocycles. The van der Waals surface area contributed by atoms with Gasteiger partial charge in [-0.3, -0.25) is 0 Å². The van der Waals surface area contributed by atoms with E-state index in [9.17, 15) is 10.2 Å². The van der Waals surface area contributed by atoms with Crippen LogP contribution in [0, 0.1) is 0 Å². The number of aryl methyl sites for hydroxylation is 1. The molecule has 39 heavy (non-hydrogen) atoms. The van der Waals surface area contributed by atoms with Gasteiger partial charge in [0.25, 0.3) is 0 Å². The van der Waals surface area contributed by atoms with Crippen LogP contribution in [0.5, 0.6) is 17.2 Å².